The molecule has 114 valence electrons. The molecule has 0 amide bonds. The van der Waals surface area contributed by atoms with E-state index in [1.807, 2.05) is 5.38 Å². The van der Waals surface area contributed by atoms with E-state index in [0.717, 1.165) is 11.9 Å². The van der Waals surface area contributed by atoms with Crippen LogP contribution in [0.1, 0.15) is 23.0 Å². The number of aromatic amines is 1. The highest BCUT2D eigenvalue weighted by molar-refractivity contribution is 7.89. The lowest BCUT2D eigenvalue weighted by Crippen LogP contribution is -2.28. The normalized spacial score (nSPS) is 11.5. The molecule has 2 rings (SSSR count). The summed E-state index contributed by atoms with van der Waals surface area (Å²) in [5, 5.41) is 7.46. The molecule has 2 N–H and O–H groups in total. The Kier molecular flexibility index (Phi) is 5.04. The number of esters is 1. The molecule has 10 heteroatoms. The third-order valence-electron chi connectivity index (χ3n) is 2.53. The highest BCUT2D eigenvalue weighted by atomic mass is 32.2. The molecule has 0 unspecified atom stereocenters. The van der Waals surface area contributed by atoms with Gasteiger partial charge in [-0.25, -0.2) is 22.9 Å². The summed E-state index contributed by atoms with van der Waals surface area (Å²) >= 11 is 1.44. The molecule has 0 atom stereocenters. The second-order valence-electron chi connectivity index (χ2n) is 3.96. The van der Waals surface area contributed by atoms with Crippen molar-refractivity contribution in [3.8, 4) is 0 Å². The van der Waals surface area contributed by atoms with Crippen molar-refractivity contribution in [3.63, 3.8) is 0 Å². The van der Waals surface area contributed by atoms with Crippen LogP contribution in [0, 0.1) is 0 Å². The summed E-state index contributed by atoms with van der Waals surface area (Å²) in [6, 6.07) is 0. The van der Waals surface area contributed by atoms with Crippen molar-refractivity contribution in [2.75, 3.05) is 13.2 Å². The van der Waals surface area contributed by atoms with Crippen LogP contribution in [0.5, 0.6) is 0 Å². The molecule has 21 heavy (non-hydrogen) atoms. The van der Waals surface area contributed by atoms with E-state index in [1.165, 1.54) is 11.3 Å². The molecule has 0 aliphatic rings. The summed E-state index contributed by atoms with van der Waals surface area (Å²) in [7, 11) is -3.86. The van der Waals surface area contributed by atoms with Crippen molar-refractivity contribution in [2.45, 2.75) is 18.4 Å². The van der Waals surface area contributed by atoms with Crippen molar-refractivity contribution in [1.29, 1.82) is 0 Å². The summed E-state index contributed by atoms with van der Waals surface area (Å²) in [6.07, 6.45) is 1.60. The summed E-state index contributed by atoms with van der Waals surface area (Å²) in [6.45, 7) is 1.96. The lowest BCUT2D eigenvalue weighted by atomic mass is 10.3. The summed E-state index contributed by atoms with van der Waals surface area (Å²) in [4.78, 5) is 15.7. The highest BCUT2D eigenvalue weighted by Crippen LogP contribution is 2.13. The van der Waals surface area contributed by atoms with Crippen LogP contribution < -0.4 is 4.72 Å². The zero-order chi connectivity index (χ0) is 15.3. The molecule has 8 nitrogen and oxygen atoms in total. The van der Waals surface area contributed by atoms with E-state index in [9.17, 15) is 13.2 Å². The smallest absolute Gasteiger partial charge is 0.342 e. The minimum absolute atomic E-state index is 0.113. The van der Waals surface area contributed by atoms with Crippen LogP contribution in [0.3, 0.4) is 0 Å². The topological polar surface area (TPSA) is 114 Å². The van der Waals surface area contributed by atoms with Gasteiger partial charge in [0.25, 0.3) is 10.0 Å². The van der Waals surface area contributed by atoms with Crippen molar-refractivity contribution in [2.24, 2.45) is 0 Å². The molecule has 0 aliphatic carbocycles. The Morgan fingerprint density at radius 3 is 3.00 bits per heavy atom. The third-order valence-corrected chi connectivity index (χ3v) is 4.59. The SMILES string of the molecule is CCOC(=O)c1cn[nH]c1S(=O)(=O)NCCc1cscn1. The maximum Gasteiger partial charge on any atom is 0.342 e. The molecule has 2 aromatic rings. The van der Waals surface area contributed by atoms with Crippen molar-refractivity contribution < 1.29 is 17.9 Å². The Morgan fingerprint density at radius 2 is 2.33 bits per heavy atom. The number of thiazole rings is 1. The van der Waals surface area contributed by atoms with Gasteiger partial charge in [0, 0.05) is 18.3 Å². The van der Waals surface area contributed by atoms with Gasteiger partial charge in [0.15, 0.2) is 5.03 Å². The maximum atomic E-state index is 12.1. The van der Waals surface area contributed by atoms with E-state index >= 15 is 0 Å². The fourth-order valence-corrected chi connectivity index (χ4v) is 3.29. The Bertz CT molecular complexity index is 694. The minimum Gasteiger partial charge on any atom is -0.462 e. The lowest BCUT2D eigenvalue weighted by molar-refractivity contribution is 0.0522. The van der Waals surface area contributed by atoms with Crippen molar-refractivity contribution in [3.05, 3.63) is 28.3 Å². The van der Waals surface area contributed by atoms with E-state index in [4.69, 9.17) is 4.74 Å². The van der Waals surface area contributed by atoms with Crippen LogP contribution in [0.4, 0.5) is 0 Å². The molecule has 0 saturated heterocycles. The van der Waals surface area contributed by atoms with Gasteiger partial charge >= 0.3 is 5.97 Å². The molecule has 0 radical (unpaired) electrons. The van der Waals surface area contributed by atoms with Gasteiger partial charge < -0.3 is 4.74 Å². The first kappa shape index (κ1) is 15.6. The number of ether oxygens (including phenoxy) is 1. The quantitative estimate of drug-likeness (QED) is 0.717. The molecule has 0 fully saturated rings. The lowest BCUT2D eigenvalue weighted by Gasteiger charge is -2.06. The van der Waals surface area contributed by atoms with Gasteiger partial charge in [-0.05, 0) is 6.92 Å². The van der Waals surface area contributed by atoms with Gasteiger partial charge in [0.2, 0.25) is 0 Å². The van der Waals surface area contributed by atoms with E-state index in [2.05, 4.69) is 19.9 Å². The average molecular weight is 330 g/mol. The Hall–Kier alpha value is -1.78. The monoisotopic (exact) mass is 330 g/mol. The highest BCUT2D eigenvalue weighted by Gasteiger charge is 2.25. The molecule has 2 heterocycles. The van der Waals surface area contributed by atoms with Crippen LogP contribution in [-0.2, 0) is 21.2 Å². The molecular weight excluding hydrogens is 316 g/mol. The summed E-state index contributed by atoms with van der Waals surface area (Å²) < 4.78 is 31.5. The summed E-state index contributed by atoms with van der Waals surface area (Å²) in [5.41, 5.74) is 2.37. The zero-order valence-electron chi connectivity index (χ0n) is 11.2. The van der Waals surface area contributed by atoms with E-state index in [0.29, 0.717) is 6.42 Å². The molecule has 0 aromatic carbocycles. The van der Waals surface area contributed by atoms with Crippen LogP contribution in [0.25, 0.3) is 0 Å². The molecule has 0 aliphatic heterocycles. The number of hydrogen-bond acceptors (Lipinski definition) is 7. The predicted octanol–water partition coefficient (Wildman–Crippen LogP) is 0.564. The molecule has 0 bridgehead atoms. The summed E-state index contributed by atoms with van der Waals surface area (Å²) in [5.74, 6) is -0.730. The van der Waals surface area contributed by atoms with Gasteiger partial charge in [-0.1, -0.05) is 0 Å². The third kappa shape index (κ3) is 3.86. The van der Waals surface area contributed by atoms with Crippen LogP contribution in [0.15, 0.2) is 22.1 Å². The molecular formula is C11H14N4O4S2. The number of hydrogen-bond donors (Lipinski definition) is 2. The van der Waals surface area contributed by atoms with Crippen LogP contribution >= 0.6 is 11.3 Å². The van der Waals surface area contributed by atoms with Crippen molar-refractivity contribution in [1.82, 2.24) is 19.9 Å². The van der Waals surface area contributed by atoms with E-state index < -0.39 is 16.0 Å². The van der Waals surface area contributed by atoms with Gasteiger partial charge in [0.05, 0.1) is 24.0 Å². The number of carbonyl (C=O) groups is 1. The Balaban J connectivity index is 2.05. The van der Waals surface area contributed by atoms with E-state index in [-0.39, 0.29) is 23.7 Å². The second kappa shape index (κ2) is 6.78. The number of sulfonamides is 1. The first-order valence-corrected chi connectivity index (χ1v) is 8.54. The molecule has 2 aromatic heterocycles. The standard InChI is InChI=1S/C11H14N4O4S2/c1-2-19-11(16)9-5-13-15-10(9)21(17,18)14-4-3-8-6-20-7-12-8/h5-7,14H,2-4H2,1H3,(H,13,15). The van der Waals surface area contributed by atoms with E-state index in [1.54, 1.807) is 12.4 Å². The van der Waals surface area contributed by atoms with Gasteiger partial charge in [0.1, 0.15) is 5.56 Å². The fourth-order valence-electron chi connectivity index (χ4n) is 1.58. The van der Waals surface area contributed by atoms with Gasteiger partial charge in [-0.15, -0.1) is 11.3 Å². The zero-order valence-corrected chi connectivity index (χ0v) is 12.8. The predicted molar refractivity (Wildman–Crippen MR) is 75.6 cm³/mol. The number of nitrogens with zero attached hydrogens (tertiary/aromatic N) is 2. The Labute approximate surface area is 125 Å². The van der Waals surface area contributed by atoms with Crippen LogP contribution in [-0.4, -0.2) is 42.7 Å². The number of aromatic nitrogens is 3. The second-order valence-corrected chi connectivity index (χ2v) is 6.38. The molecule has 0 spiro atoms. The average Bonchev–Trinajstić information content (AvgIpc) is 3.10. The first-order valence-electron chi connectivity index (χ1n) is 6.12. The van der Waals surface area contributed by atoms with Gasteiger partial charge in [-0.3, -0.25) is 5.10 Å². The van der Waals surface area contributed by atoms with Crippen molar-refractivity contribution >= 4 is 27.3 Å². The number of carbonyl (C=O) groups excluding carboxylic acids is 1. The number of rotatable bonds is 7. The maximum absolute atomic E-state index is 12.1. The van der Waals surface area contributed by atoms with Gasteiger partial charge in [-0.2, -0.15) is 5.10 Å². The minimum atomic E-state index is -3.86. The number of nitrogens with one attached hydrogen (secondary N) is 2. The fraction of sp³-hybridized carbons (Fsp3) is 0.364. The number of H-pyrrole nitrogens is 1. The van der Waals surface area contributed by atoms with Crippen LogP contribution in [0.2, 0.25) is 0 Å². The molecule has 0 saturated carbocycles. The Morgan fingerprint density at radius 1 is 1.52 bits per heavy atom. The first-order chi connectivity index (χ1) is 10.0. The largest absolute Gasteiger partial charge is 0.462 e.